The zero-order valence-electron chi connectivity index (χ0n) is 35.3. The topological polar surface area (TPSA) is 186 Å². The number of ether oxygens (including phenoxy) is 7. The predicted molar refractivity (Wildman–Crippen MR) is 197 cm³/mol. The Hall–Kier alpha value is -2.81. The van der Waals surface area contributed by atoms with Gasteiger partial charge in [0.25, 0.3) is 5.79 Å². The van der Waals surface area contributed by atoms with Crippen LogP contribution in [0.25, 0.3) is 0 Å². The van der Waals surface area contributed by atoms with Crippen LogP contribution in [0.3, 0.4) is 0 Å². The van der Waals surface area contributed by atoms with Crippen LogP contribution in [-0.2, 0) is 57.1 Å². The summed E-state index contributed by atoms with van der Waals surface area (Å²) in [6.07, 6.45) is -1.12. The molecule has 0 amide bonds. The van der Waals surface area contributed by atoms with Crippen LogP contribution in [0.2, 0.25) is 0 Å². The van der Waals surface area contributed by atoms with Crippen LogP contribution < -0.4 is 5.73 Å². The number of nitrogens with two attached hydrogens (primary N) is 1. The lowest BCUT2D eigenvalue weighted by molar-refractivity contribution is -0.273. The van der Waals surface area contributed by atoms with Crippen molar-refractivity contribution >= 4 is 29.8 Å². The molecule has 2 N–H and O–H groups in total. The number of epoxide rings is 2. The van der Waals surface area contributed by atoms with Gasteiger partial charge in [-0.15, -0.1) is 0 Å². The molecule has 5 saturated carbocycles. The van der Waals surface area contributed by atoms with Crippen molar-refractivity contribution in [3.05, 3.63) is 0 Å². The van der Waals surface area contributed by atoms with E-state index in [4.69, 9.17) is 38.9 Å². The van der Waals surface area contributed by atoms with Gasteiger partial charge in [-0.1, -0.05) is 48.5 Å². The molecule has 312 valence electrons. The van der Waals surface area contributed by atoms with Gasteiger partial charge in [0.05, 0.1) is 24.0 Å². The average molecular weight is 787 g/mol. The summed E-state index contributed by atoms with van der Waals surface area (Å²) in [5.74, 6) is -7.21. The van der Waals surface area contributed by atoms with E-state index in [2.05, 4.69) is 11.8 Å². The Morgan fingerprint density at radius 1 is 0.875 bits per heavy atom. The number of carbonyl (C=O) groups is 5. The molecule has 0 aromatic carbocycles. The lowest BCUT2D eigenvalue weighted by atomic mass is 9.39. The minimum atomic E-state index is -1.84. The van der Waals surface area contributed by atoms with Crippen LogP contribution in [0.15, 0.2) is 0 Å². The highest BCUT2D eigenvalue weighted by molar-refractivity contribution is 5.89. The Morgan fingerprint density at radius 2 is 1.50 bits per heavy atom. The smallest absolute Gasteiger partial charge is 0.353 e. The summed E-state index contributed by atoms with van der Waals surface area (Å²) in [7, 11) is 3.86. The van der Waals surface area contributed by atoms with E-state index in [1.54, 1.807) is 34.6 Å². The van der Waals surface area contributed by atoms with Gasteiger partial charge in [0.15, 0.2) is 0 Å². The van der Waals surface area contributed by atoms with E-state index < -0.39 is 117 Å². The fraction of sp³-hybridized carbons (Fsp3) is 0.881. The lowest BCUT2D eigenvalue weighted by Gasteiger charge is -2.68. The van der Waals surface area contributed by atoms with Crippen LogP contribution in [0, 0.1) is 57.7 Å². The second-order valence-corrected chi connectivity index (χ2v) is 20.4. The van der Waals surface area contributed by atoms with Crippen molar-refractivity contribution in [3.8, 4) is 0 Å². The molecule has 8 fully saturated rings. The molecule has 3 unspecified atom stereocenters. The minimum Gasteiger partial charge on any atom is -0.462 e. The lowest BCUT2D eigenvalue weighted by Crippen LogP contribution is -2.79. The number of carbonyl (C=O) groups excluding carboxylic acids is 5. The summed E-state index contributed by atoms with van der Waals surface area (Å²) in [4.78, 5) is 70.8. The summed E-state index contributed by atoms with van der Waals surface area (Å²) in [6.45, 7) is 19.5. The van der Waals surface area contributed by atoms with E-state index in [-0.39, 0.29) is 36.4 Å². The average Bonchev–Trinajstić information content (AvgIpc) is 3.98. The first kappa shape index (κ1) is 40.0. The quantitative estimate of drug-likeness (QED) is 0.224. The van der Waals surface area contributed by atoms with Gasteiger partial charge in [0, 0.05) is 42.2 Å². The van der Waals surface area contributed by atoms with Crippen molar-refractivity contribution in [3.63, 3.8) is 0 Å². The van der Waals surface area contributed by atoms with Crippen molar-refractivity contribution in [2.75, 3.05) is 14.1 Å². The van der Waals surface area contributed by atoms with Crippen molar-refractivity contribution in [2.24, 2.45) is 63.4 Å². The zero-order chi connectivity index (χ0) is 41.2. The Kier molecular flexibility index (Phi) is 8.50. The first-order valence-electron chi connectivity index (χ1n) is 20.6. The highest BCUT2D eigenvalue weighted by Gasteiger charge is 2.98. The molecule has 5 aliphatic carbocycles. The molecule has 0 aromatic rings. The van der Waals surface area contributed by atoms with E-state index in [9.17, 15) is 24.0 Å². The molecule has 14 heteroatoms. The number of rotatable bonds is 7. The second-order valence-electron chi connectivity index (χ2n) is 20.4. The van der Waals surface area contributed by atoms with E-state index in [1.165, 1.54) is 13.8 Å². The third kappa shape index (κ3) is 4.50. The van der Waals surface area contributed by atoms with E-state index in [0.29, 0.717) is 12.8 Å². The summed E-state index contributed by atoms with van der Waals surface area (Å²) in [5.41, 5.74) is 0.899. The number of hydrogen-bond acceptors (Lipinski definition) is 14. The molecule has 14 nitrogen and oxygen atoms in total. The standard InChI is InChI=1S/C42H62N2O12/c1-18(2)33(47)53-25-15-23-14-24-26(52-24)16-36(23,8)28-27(25)40(43)17-41(44(12)13)30(37(40,9)32(51-22(7)46)29(28)50-21(6)45)20(5)31-42(54-31)39(41,11)38(10,35(49)56-42)55-34(48)19(3)4/h18-20,23-32H,14-17,43H2,1-13H3/t20-,23?,24-,25-,26+,27?,28?,29-,30+,31+,32-,36-,37-,38+,39+,40+,41-,42-/m0/s1. The van der Waals surface area contributed by atoms with Crippen molar-refractivity contribution in [1.82, 2.24) is 4.90 Å². The largest absolute Gasteiger partial charge is 0.462 e. The van der Waals surface area contributed by atoms with Crippen LogP contribution in [0.4, 0.5) is 0 Å². The summed E-state index contributed by atoms with van der Waals surface area (Å²) in [5, 5.41) is 0. The third-order valence-corrected chi connectivity index (χ3v) is 17.1. The van der Waals surface area contributed by atoms with Gasteiger partial charge in [0.2, 0.25) is 5.60 Å². The molecular formula is C42H62N2O12. The number of hydrogen-bond donors (Lipinski definition) is 1. The second kappa shape index (κ2) is 11.9. The van der Waals surface area contributed by atoms with Gasteiger partial charge >= 0.3 is 29.8 Å². The van der Waals surface area contributed by atoms with Crippen molar-refractivity contribution in [1.29, 1.82) is 0 Å². The molecule has 3 saturated heterocycles. The van der Waals surface area contributed by atoms with Crippen molar-refractivity contribution < 1.29 is 57.1 Å². The molecule has 0 radical (unpaired) electrons. The summed E-state index contributed by atoms with van der Waals surface area (Å²) in [6, 6.07) is 0. The molecule has 8 aliphatic rings. The first-order valence-corrected chi connectivity index (χ1v) is 20.6. The third-order valence-electron chi connectivity index (χ3n) is 17.1. The molecule has 8 rings (SSSR count). The SMILES string of the molecule is CC(=O)O[C@H]1C2C([C@@H](OC(=O)C(C)C)CC3C[C@@H]4O[C@@H]4C[C@@]32C)[C@]2(N)C[C@]3(N(C)C)[C@H]([C@H](C)[C@H]4O[C@]45OC(=O)[C@@](C)(OC(=O)C(C)C)[C@@]53C)[C@@]2(C)[C@H]1OC(C)=O. The highest BCUT2D eigenvalue weighted by atomic mass is 16.8. The Labute approximate surface area is 329 Å². The van der Waals surface area contributed by atoms with Gasteiger partial charge in [-0.05, 0) is 76.8 Å². The maximum atomic E-state index is 14.4. The number of nitrogens with zero attached hydrogens (tertiary/aromatic N) is 1. The maximum Gasteiger partial charge on any atom is 0.353 e. The Balaban J connectivity index is 1.43. The molecule has 56 heavy (non-hydrogen) atoms. The molecule has 0 aromatic heterocycles. The van der Waals surface area contributed by atoms with E-state index in [1.807, 2.05) is 34.9 Å². The predicted octanol–water partition coefficient (Wildman–Crippen LogP) is 3.54. The molecular weight excluding hydrogens is 724 g/mol. The fourth-order valence-corrected chi connectivity index (χ4v) is 14.5. The van der Waals surface area contributed by atoms with Crippen LogP contribution in [-0.4, -0.2) is 108 Å². The maximum absolute atomic E-state index is 14.4. The summed E-state index contributed by atoms with van der Waals surface area (Å²) >= 11 is 0. The Bertz CT molecular complexity index is 1770. The molecule has 3 heterocycles. The number of fused-ring (bicyclic) bond motifs is 9. The van der Waals surface area contributed by atoms with Crippen LogP contribution >= 0.6 is 0 Å². The molecule has 3 aliphatic heterocycles. The zero-order valence-corrected chi connectivity index (χ0v) is 35.3. The van der Waals surface area contributed by atoms with Crippen LogP contribution in [0.1, 0.15) is 102 Å². The van der Waals surface area contributed by atoms with Crippen LogP contribution in [0.5, 0.6) is 0 Å². The van der Waals surface area contributed by atoms with Crippen molar-refractivity contribution in [2.45, 2.75) is 161 Å². The molecule has 1 spiro atoms. The Morgan fingerprint density at radius 3 is 2.07 bits per heavy atom. The first-order chi connectivity index (χ1) is 25.8. The molecule has 18 atom stereocenters. The summed E-state index contributed by atoms with van der Waals surface area (Å²) < 4.78 is 45.1. The van der Waals surface area contributed by atoms with E-state index >= 15 is 0 Å². The van der Waals surface area contributed by atoms with Gasteiger partial charge < -0.3 is 43.8 Å². The van der Waals surface area contributed by atoms with Gasteiger partial charge in [-0.2, -0.15) is 0 Å². The van der Waals surface area contributed by atoms with Gasteiger partial charge in [-0.3, -0.25) is 19.2 Å². The van der Waals surface area contributed by atoms with Gasteiger partial charge in [0.1, 0.15) is 29.8 Å². The highest BCUT2D eigenvalue weighted by Crippen LogP contribution is 2.83. The molecule has 0 bridgehead atoms. The minimum absolute atomic E-state index is 0.0216. The van der Waals surface area contributed by atoms with Gasteiger partial charge in [-0.25, -0.2) is 4.79 Å². The van der Waals surface area contributed by atoms with E-state index in [0.717, 1.165) is 6.42 Å². The fourth-order valence-electron chi connectivity index (χ4n) is 14.5. The number of esters is 5. The monoisotopic (exact) mass is 786 g/mol. The normalized spacial score (nSPS) is 52.9.